The van der Waals surface area contributed by atoms with E-state index in [2.05, 4.69) is 180 Å². The third-order valence-electron chi connectivity index (χ3n) is 9.88. The van der Waals surface area contributed by atoms with Crippen LogP contribution >= 0.6 is 22.7 Å². The molecule has 0 atom stereocenters. The molecule has 0 aliphatic heterocycles. The lowest BCUT2D eigenvalue weighted by atomic mass is 9.95. The van der Waals surface area contributed by atoms with E-state index >= 15 is 0 Å². The maximum atomic E-state index is 2.47. The minimum atomic E-state index is 1.07. The average Bonchev–Trinajstić information content (AvgIpc) is 3.73. The number of para-hydroxylation sites is 2. The lowest BCUT2D eigenvalue weighted by Gasteiger charge is -2.29. The lowest BCUT2D eigenvalue weighted by Crippen LogP contribution is -2.12. The van der Waals surface area contributed by atoms with E-state index in [1.54, 1.807) is 0 Å². The predicted octanol–water partition coefficient (Wildman–Crippen LogP) is 14.3. The molecule has 0 radical (unpaired) electrons. The molecule has 0 unspecified atom stereocenters. The van der Waals surface area contributed by atoms with Crippen LogP contribution in [0.2, 0.25) is 0 Å². The van der Waals surface area contributed by atoms with Gasteiger partial charge in [0.05, 0.1) is 5.69 Å². The smallest absolute Gasteiger partial charge is 0.0536 e. The number of fused-ring (bicyclic) bond motifs is 7. The van der Waals surface area contributed by atoms with Crippen LogP contribution in [0.25, 0.3) is 46.4 Å². The quantitative estimate of drug-likeness (QED) is 0.173. The summed E-state index contributed by atoms with van der Waals surface area (Å²) in [4.78, 5) is 4.81. The number of benzene rings is 7. The van der Waals surface area contributed by atoms with Gasteiger partial charge in [-0.05, 0) is 97.3 Å². The van der Waals surface area contributed by atoms with Gasteiger partial charge in [0, 0.05) is 74.3 Å². The van der Waals surface area contributed by atoms with Crippen LogP contribution in [-0.2, 0) is 6.42 Å². The maximum Gasteiger partial charge on any atom is 0.0536 e. The van der Waals surface area contributed by atoms with Crippen molar-refractivity contribution in [2.24, 2.45) is 0 Å². The number of anilines is 6. The van der Waals surface area contributed by atoms with Gasteiger partial charge < -0.3 is 9.80 Å². The van der Waals surface area contributed by atoms with Gasteiger partial charge in [0.1, 0.15) is 0 Å². The molecule has 0 saturated carbocycles. The van der Waals surface area contributed by atoms with Crippen LogP contribution in [0.3, 0.4) is 0 Å². The second-order valence-corrected chi connectivity index (χ2v) is 15.0. The molecule has 9 aromatic rings. The minimum Gasteiger partial charge on any atom is -0.310 e. The molecular weight excluding hydrogens is 645 g/mol. The highest BCUT2D eigenvalue weighted by Gasteiger charge is 2.21. The molecule has 1 aliphatic rings. The number of thiophene rings is 2. The van der Waals surface area contributed by atoms with Crippen molar-refractivity contribution in [1.82, 2.24) is 0 Å². The van der Waals surface area contributed by atoms with Gasteiger partial charge in [0.25, 0.3) is 0 Å². The van der Waals surface area contributed by atoms with Crippen LogP contribution in [0.4, 0.5) is 34.1 Å². The summed E-state index contributed by atoms with van der Waals surface area (Å²) in [5, 5.41) is 5.22. The van der Waals surface area contributed by atoms with Gasteiger partial charge >= 0.3 is 0 Å². The Kier molecular flexibility index (Phi) is 7.04. The first-order valence-corrected chi connectivity index (χ1v) is 18.8. The molecule has 0 saturated heterocycles. The van der Waals surface area contributed by atoms with E-state index in [0.29, 0.717) is 0 Å². The summed E-state index contributed by atoms with van der Waals surface area (Å²) < 4.78 is 5.21. The van der Waals surface area contributed by atoms with Crippen molar-refractivity contribution in [3.63, 3.8) is 0 Å². The third kappa shape index (κ3) is 4.91. The van der Waals surface area contributed by atoms with E-state index in [4.69, 9.17) is 0 Å². The molecule has 0 bridgehead atoms. The highest BCUT2D eigenvalue weighted by Crippen LogP contribution is 2.46. The van der Waals surface area contributed by atoms with Gasteiger partial charge in [-0.3, -0.25) is 0 Å². The monoisotopic (exact) mass is 676 g/mol. The van der Waals surface area contributed by atoms with E-state index in [1.807, 2.05) is 22.7 Å². The Labute approximate surface area is 299 Å². The van der Waals surface area contributed by atoms with Crippen molar-refractivity contribution in [2.45, 2.75) is 12.8 Å². The Morgan fingerprint density at radius 3 is 1.72 bits per heavy atom. The van der Waals surface area contributed by atoms with Crippen molar-refractivity contribution in [1.29, 1.82) is 0 Å². The summed E-state index contributed by atoms with van der Waals surface area (Å²) in [7, 11) is 0. The summed E-state index contributed by atoms with van der Waals surface area (Å²) in [6.07, 6.45) is 6.80. The number of allylic oxidation sites excluding steroid dienone is 1. The Balaban J connectivity index is 1.14. The fourth-order valence-corrected chi connectivity index (χ4v) is 9.82. The zero-order valence-corrected chi connectivity index (χ0v) is 28.9. The van der Waals surface area contributed by atoms with E-state index in [9.17, 15) is 0 Å². The Bertz CT molecular complexity index is 2680. The van der Waals surface area contributed by atoms with Crippen molar-refractivity contribution in [3.8, 4) is 0 Å². The first-order valence-electron chi connectivity index (χ1n) is 17.1. The van der Waals surface area contributed by atoms with Gasteiger partial charge in [-0.2, -0.15) is 0 Å². The Hall–Kier alpha value is -5.68. The fraction of sp³-hybridized carbons (Fsp3) is 0.0435. The molecule has 10 rings (SSSR count). The van der Waals surface area contributed by atoms with Gasteiger partial charge in [0.2, 0.25) is 0 Å². The number of hydrogen-bond acceptors (Lipinski definition) is 4. The number of hydrogen-bond donors (Lipinski definition) is 0. The fourth-order valence-electron chi connectivity index (χ4n) is 7.56. The summed E-state index contributed by atoms with van der Waals surface area (Å²) in [6.45, 7) is 0. The van der Waals surface area contributed by atoms with Crippen LogP contribution in [0, 0.1) is 0 Å². The first kappa shape index (κ1) is 29.3. The van der Waals surface area contributed by atoms with Gasteiger partial charge in [0.15, 0.2) is 0 Å². The largest absolute Gasteiger partial charge is 0.310 e. The van der Waals surface area contributed by atoms with Crippen molar-refractivity contribution in [3.05, 3.63) is 175 Å². The molecule has 1 aliphatic carbocycles. The summed E-state index contributed by atoms with van der Waals surface area (Å²) in [5.41, 5.74) is 9.75. The molecule has 2 heterocycles. The minimum absolute atomic E-state index is 1.07. The second-order valence-electron chi connectivity index (χ2n) is 12.9. The van der Waals surface area contributed by atoms with Gasteiger partial charge in [-0.15, -0.1) is 22.7 Å². The van der Waals surface area contributed by atoms with Crippen molar-refractivity contribution in [2.75, 3.05) is 9.80 Å². The number of aryl methyl sites for hydroxylation is 1. The molecule has 2 aromatic heterocycles. The third-order valence-corrected chi connectivity index (χ3v) is 12.2. The molecule has 238 valence electrons. The molecule has 4 heteroatoms. The normalized spacial score (nSPS) is 12.6. The molecule has 2 nitrogen and oxygen atoms in total. The first-order chi connectivity index (χ1) is 24.8. The van der Waals surface area contributed by atoms with Crippen LogP contribution < -0.4 is 9.80 Å². The van der Waals surface area contributed by atoms with Crippen LogP contribution in [0.15, 0.2) is 164 Å². The lowest BCUT2D eigenvalue weighted by molar-refractivity contribution is 0.984. The summed E-state index contributed by atoms with van der Waals surface area (Å²) >= 11 is 3.74. The zero-order chi connectivity index (χ0) is 33.0. The van der Waals surface area contributed by atoms with Crippen molar-refractivity contribution >= 4 is 103 Å². The number of nitrogens with zero attached hydrogens (tertiary/aromatic N) is 2. The van der Waals surface area contributed by atoms with Gasteiger partial charge in [-0.1, -0.05) is 91.0 Å². The highest BCUT2D eigenvalue weighted by atomic mass is 32.1. The maximum absolute atomic E-state index is 2.47. The molecule has 7 aromatic carbocycles. The SMILES string of the molecule is C1=Cc2c(cccc2N(c2ccc3c(c2)sc2ccccc23)c2ccc3sc4cc(N(c5ccccc5)c5ccccc5)ccc4c3c2)CC1. The van der Waals surface area contributed by atoms with E-state index in [0.717, 1.165) is 29.9 Å². The van der Waals surface area contributed by atoms with Crippen LogP contribution in [0.5, 0.6) is 0 Å². The zero-order valence-electron chi connectivity index (χ0n) is 27.3. The summed E-state index contributed by atoms with van der Waals surface area (Å²) in [5.74, 6) is 0. The average molecular weight is 677 g/mol. The molecule has 0 amide bonds. The molecule has 0 spiro atoms. The predicted molar refractivity (Wildman–Crippen MR) is 219 cm³/mol. The molecule has 0 N–H and O–H groups in total. The van der Waals surface area contributed by atoms with Crippen molar-refractivity contribution < 1.29 is 0 Å². The van der Waals surface area contributed by atoms with E-state index in [1.165, 1.54) is 68.5 Å². The standard InChI is InChI=1S/C46H32N2S2/c1-3-14-32(15-4-1)47(33-16-5-2-6-17-33)35-22-26-40-41-28-34(24-27-44(41)50-46(40)29-35)48(42-20-11-13-31-12-7-8-18-37(31)42)36-23-25-39-38-19-9-10-21-43(38)49-45(39)30-36/h1-6,8-11,13-30H,7,12H2. The molecule has 50 heavy (non-hydrogen) atoms. The van der Waals surface area contributed by atoms with Crippen LogP contribution in [-0.4, -0.2) is 0 Å². The van der Waals surface area contributed by atoms with Gasteiger partial charge in [-0.25, -0.2) is 0 Å². The number of rotatable bonds is 6. The van der Waals surface area contributed by atoms with E-state index in [-0.39, 0.29) is 0 Å². The van der Waals surface area contributed by atoms with Crippen LogP contribution in [0.1, 0.15) is 17.5 Å². The molecule has 0 fully saturated rings. The topological polar surface area (TPSA) is 6.48 Å². The Morgan fingerprint density at radius 1 is 0.400 bits per heavy atom. The van der Waals surface area contributed by atoms with E-state index < -0.39 is 0 Å². The Morgan fingerprint density at radius 2 is 0.980 bits per heavy atom. The summed E-state index contributed by atoms with van der Waals surface area (Å²) in [6, 6.07) is 57.8. The second kappa shape index (κ2) is 12.0. The highest BCUT2D eigenvalue weighted by molar-refractivity contribution is 7.26. The molecular formula is C46H32N2S2.